The van der Waals surface area contributed by atoms with Crippen molar-refractivity contribution in [1.82, 2.24) is 0 Å². The second-order valence-electron chi connectivity index (χ2n) is 4.61. The summed E-state index contributed by atoms with van der Waals surface area (Å²) in [4.78, 5) is 0.139. The first kappa shape index (κ1) is 14.1. The molecule has 2 rings (SSSR count). The van der Waals surface area contributed by atoms with Crippen LogP contribution in [-0.2, 0) is 15.6 Å². The number of nitrogens with zero attached hydrogens (tertiary/aromatic N) is 1. The van der Waals surface area contributed by atoms with Crippen LogP contribution >= 0.6 is 0 Å². The Morgan fingerprint density at radius 2 is 1.95 bits per heavy atom. The van der Waals surface area contributed by atoms with Crippen molar-refractivity contribution in [2.24, 2.45) is 0 Å². The summed E-state index contributed by atoms with van der Waals surface area (Å²) in [6.45, 7) is 1.81. The third kappa shape index (κ3) is 2.98. The van der Waals surface area contributed by atoms with Crippen molar-refractivity contribution in [1.29, 1.82) is 5.26 Å². The summed E-state index contributed by atoms with van der Waals surface area (Å²) in [5, 5.41) is 8.84. The monoisotopic (exact) mass is 286 g/mol. The first-order valence-electron chi connectivity index (χ1n) is 6.00. The summed E-state index contributed by atoms with van der Waals surface area (Å²) < 4.78 is 24.8. The van der Waals surface area contributed by atoms with E-state index in [1.54, 1.807) is 42.5 Å². The Bertz CT molecular complexity index is 790. The highest BCUT2D eigenvalue weighted by Crippen LogP contribution is 2.24. The Hall–Kier alpha value is -2.32. The topological polar surface area (TPSA) is 84.0 Å². The lowest BCUT2D eigenvalue weighted by atomic mass is 10.2. The molecule has 0 aliphatic carbocycles. The Labute approximate surface area is 118 Å². The molecule has 102 valence electrons. The molecule has 2 aromatic carbocycles. The maximum atomic E-state index is 12.4. The van der Waals surface area contributed by atoms with E-state index in [1.165, 1.54) is 0 Å². The minimum Gasteiger partial charge on any atom is -0.398 e. The maximum absolute atomic E-state index is 12.4. The molecule has 0 radical (unpaired) electrons. The molecule has 20 heavy (non-hydrogen) atoms. The molecule has 4 nitrogen and oxygen atoms in total. The van der Waals surface area contributed by atoms with E-state index in [0.29, 0.717) is 11.1 Å². The van der Waals surface area contributed by atoms with Crippen LogP contribution in [0.1, 0.15) is 16.7 Å². The zero-order valence-corrected chi connectivity index (χ0v) is 11.8. The minimum absolute atomic E-state index is 0.139. The average Bonchev–Trinajstić information content (AvgIpc) is 2.41. The number of nitriles is 1. The van der Waals surface area contributed by atoms with Crippen LogP contribution in [0.25, 0.3) is 0 Å². The summed E-state index contributed by atoms with van der Waals surface area (Å²) in [5.41, 5.74) is 7.85. The number of hydrogen-bond acceptors (Lipinski definition) is 4. The summed E-state index contributed by atoms with van der Waals surface area (Å²) in [6, 6.07) is 13.5. The molecule has 0 aliphatic heterocycles. The standard InChI is InChI=1S/C15H14N2O2S/c1-11-5-6-14(17)15(7-11)20(18,19)10-13-4-2-3-12(8-13)9-16/h2-8H,10,17H2,1H3. The van der Waals surface area contributed by atoms with Crippen molar-refractivity contribution in [3.63, 3.8) is 0 Å². The molecule has 2 N–H and O–H groups in total. The highest BCUT2D eigenvalue weighted by atomic mass is 32.2. The molecule has 0 spiro atoms. The van der Waals surface area contributed by atoms with Crippen molar-refractivity contribution in [2.75, 3.05) is 5.73 Å². The molecule has 0 fully saturated rings. The number of sulfone groups is 1. The lowest BCUT2D eigenvalue weighted by molar-refractivity contribution is 0.595. The number of benzene rings is 2. The normalized spacial score (nSPS) is 11.0. The Morgan fingerprint density at radius 3 is 2.65 bits per heavy atom. The lowest BCUT2D eigenvalue weighted by Gasteiger charge is -2.09. The van der Waals surface area contributed by atoms with Crippen LogP contribution in [0.2, 0.25) is 0 Å². The second kappa shape index (κ2) is 5.35. The van der Waals surface area contributed by atoms with Gasteiger partial charge in [-0.25, -0.2) is 8.42 Å². The van der Waals surface area contributed by atoms with E-state index in [-0.39, 0.29) is 16.3 Å². The second-order valence-corrected chi connectivity index (χ2v) is 6.57. The highest BCUT2D eigenvalue weighted by molar-refractivity contribution is 7.90. The first-order valence-corrected chi connectivity index (χ1v) is 7.65. The number of hydrogen-bond donors (Lipinski definition) is 1. The van der Waals surface area contributed by atoms with Crippen molar-refractivity contribution in [3.8, 4) is 6.07 Å². The van der Waals surface area contributed by atoms with Crippen LogP contribution in [0, 0.1) is 18.3 Å². The number of nitrogen functional groups attached to an aromatic ring is 1. The van der Waals surface area contributed by atoms with Crippen LogP contribution in [0.3, 0.4) is 0 Å². The van der Waals surface area contributed by atoms with Gasteiger partial charge in [0.25, 0.3) is 0 Å². The SMILES string of the molecule is Cc1ccc(N)c(S(=O)(=O)Cc2cccc(C#N)c2)c1. The molecule has 0 heterocycles. The van der Waals surface area contributed by atoms with Gasteiger partial charge in [-0.3, -0.25) is 0 Å². The molecule has 0 amide bonds. The van der Waals surface area contributed by atoms with E-state index in [0.717, 1.165) is 5.56 Å². The fraction of sp³-hybridized carbons (Fsp3) is 0.133. The van der Waals surface area contributed by atoms with Crippen molar-refractivity contribution in [2.45, 2.75) is 17.6 Å². The minimum atomic E-state index is -3.53. The average molecular weight is 286 g/mol. The smallest absolute Gasteiger partial charge is 0.184 e. The molecule has 0 bridgehead atoms. The zero-order chi connectivity index (χ0) is 14.8. The number of nitrogens with two attached hydrogens (primary N) is 1. The number of rotatable bonds is 3. The van der Waals surface area contributed by atoms with Gasteiger partial charge in [0.15, 0.2) is 9.84 Å². The van der Waals surface area contributed by atoms with Crippen molar-refractivity contribution >= 4 is 15.5 Å². The predicted octanol–water partition coefficient (Wildman–Crippen LogP) is 2.42. The van der Waals surface area contributed by atoms with E-state index in [9.17, 15) is 8.42 Å². The lowest BCUT2D eigenvalue weighted by Crippen LogP contribution is -2.08. The van der Waals surface area contributed by atoms with E-state index in [4.69, 9.17) is 11.0 Å². The highest BCUT2D eigenvalue weighted by Gasteiger charge is 2.18. The molecule has 0 atom stereocenters. The molecule has 2 aromatic rings. The summed E-state index contributed by atoms with van der Waals surface area (Å²) in [7, 11) is -3.53. The molecular weight excluding hydrogens is 272 g/mol. The summed E-state index contributed by atoms with van der Waals surface area (Å²) >= 11 is 0. The van der Waals surface area contributed by atoms with Gasteiger partial charge in [0, 0.05) is 0 Å². The quantitative estimate of drug-likeness (QED) is 0.878. The van der Waals surface area contributed by atoms with E-state index < -0.39 is 9.84 Å². The molecule has 0 unspecified atom stereocenters. The predicted molar refractivity (Wildman–Crippen MR) is 77.6 cm³/mol. The molecular formula is C15H14N2O2S. The number of aryl methyl sites for hydroxylation is 1. The van der Waals surface area contributed by atoms with Gasteiger partial charge in [-0.15, -0.1) is 0 Å². The number of anilines is 1. The fourth-order valence-electron chi connectivity index (χ4n) is 1.94. The summed E-state index contributed by atoms with van der Waals surface area (Å²) in [5.74, 6) is -0.170. The fourth-order valence-corrected chi connectivity index (χ4v) is 3.51. The van der Waals surface area contributed by atoms with Crippen LogP contribution in [0.4, 0.5) is 5.69 Å². The zero-order valence-electron chi connectivity index (χ0n) is 11.0. The summed E-state index contributed by atoms with van der Waals surface area (Å²) in [6.07, 6.45) is 0. The van der Waals surface area contributed by atoms with Gasteiger partial charge in [-0.1, -0.05) is 18.2 Å². The Kier molecular flexibility index (Phi) is 3.77. The molecule has 0 aliphatic rings. The third-order valence-corrected chi connectivity index (χ3v) is 4.65. The third-order valence-electron chi connectivity index (χ3n) is 2.92. The molecule has 0 aromatic heterocycles. The van der Waals surface area contributed by atoms with Gasteiger partial charge in [0.1, 0.15) is 0 Å². The molecule has 0 saturated carbocycles. The Morgan fingerprint density at radius 1 is 1.20 bits per heavy atom. The van der Waals surface area contributed by atoms with Gasteiger partial charge >= 0.3 is 0 Å². The van der Waals surface area contributed by atoms with Crippen molar-refractivity contribution < 1.29 is 8.42 Å². The van der Waals surface area contributed by atoms with Gasteiger partial charge in [-0.2, -0.15) is 5.26 Å². The first-order chi connectivity index (χ1) is 9.42. The van der Waals surface area contributed by atoms with Crippen molar-refractivity contribution in [3.05, 3.63) is 59.2 Å². The van der Waals surface area contributed by atoms with E-state index in [1.807, 2.05) is 13.0 Å². The van der Waals surface area contributed by atoms with Gasteiger partial charge in [0.05, 0.1) is 28.0 Å². The molecule has 0 saturated heterocycles. The van der Waals surface area contributed by atoms with Crippen LogP contribution < -0.4 is 5.73 Å². The van der Waals surface area contributed by atoms with Crippen LogP contribution in [-0.4, -0.2) is 8.42 Å². The van der Waals surface area contributed by atoms with Crippen LogP contribution in [0.15, 0.2) is 47.4 Å². The van der Waals surface area contributed by atoms with Gasteiger partial charge < -0.3 is 5.73 Å². The Balaban J connectivity index is 2.41. The van der Waals surface area contributed by atoms with E-state index >= 15 is 0 Å². The maximum Gasteiger partial charge on any atom is 0.184 e. The van der Waals surface area contributed by atoms with E-state index in [2.05, 4.69) is 0 Å². The largest absolute Gasteiger partial charge is 0.398 e. The molecule has 5 heteroatoms. The van der Waals surface area contributed by atoms with Gasteiger partial charge in [-0.05, 0) is 42.3 Å². The van der Waals surface area contributed by atoms with Crippen LogP contribution in [0.5, 0.6) is 0 Å². The van der Waals surface area contributed by atoms with Gasteiger partial charge in [0.2, 0.25) is 0 Å².